The molecule has 2 nitrogen and oxygen atoms in total. The van der Waals surface area contributed by atoms with E-state index in [-0.39, 0.29) is 6.42 Å². The van der Waals surface area contributed by atoms with Crippen molar-refractivity contribution in [2.75, 3.05) is 0 Å². The van der Waals surface area contributed by atoms with Gasteiger partial charge in [-0.1, -0.05) is 25.2 Å². The highest BCUT2D eigenvalue weighted by molar-refractivity contribution is 5.66. The molecule has 0 radical (unpaired) electrons. The fourth-order valence-electron chi connectivity index (χ4n) is 0.928. The standard InChI is InChI=1S/C11H18O2/c1-3-10(2)8-6-4-5-7-9-11(12)13/h3,6,8,10H,1,4-5,7,9H2,2H3,(H,12,13). The second-order valence-electron chi connectivity index (χ2n) is 3.16. The van der Waals surface area contributed by atoms with Crippen molar-refractivity contribution in [2.45, 2.75) is 32.6 Å². The molecule has 0 spiro atoms. The van der Waals surface area contributed by atoms with Crippen molar-refractivity contribution < 1.29 is 9.90 Å². The van der Waals surface area contributed by atoms with Gasteiger partial charge in [0.1, 0.15) is 0 Å². The Morgan fingerprint density at radius 1 is 1.54 bits per heavy atom. The topological polar surface area (TPSA) is 37.3 Å². The molecule has 2 heteroatoms. The van der Waals surface area contributed by atoms with Gasteiger partial charge in [-0.05, 0) is 25.2 Å². The molecule has 0 saturated carbocycles. The smallest absolute Gasteiger partial charge is 0.303 e. The number of unbranched alkanes of at least 4 members (excludes halogenated alkanes) is 2. The Hall–Kier alpha value is -1.05. The Morgan fingerprint density at radius 3 is 2.77 bits per heavy atom. The second-order valence-corrected chi connectivity index (χ2v) is 3.16. The predicted octanol–water partition coefficient (Wildman–Crippen LogP) is 3.01. The van der Waals surface area contributed by atoms with Crippen molar-refractivity contribution >= 4 is 5.97 Å². The van der Waals surface area contributed by atoms with Gasteiger partial charge in [-0.15, -0.1) is 6.58 Å². The van der Waals surface area contributed by atoms with E-state index < -0.39 is 5.97 Å². The van der Waals surface area contributed by atoms with Crippen LogP contribution in [0.4, 0.5) is 0 Å². The van der Waals surface area contributed by atoms with E-state index in [0.717, 1.165) is 19.3 Å². The van der Waals surface area contributed by atoms with Gasteiger partial charge >= 0.3 is 5.97 Å². The zero-order chi connectivity index (χ0) is 10.1. The molecule has 13 heavy (non-hydrogen) atoms. The first-order valence-electron chi connectivity index (χ1n) is 4.68. The van der Waals surface area contributed by atoms with Gasteiger partial charge in [0, 0.05) is 6.42 Å². The summed E-state index contributed by atoms with van der Waals surface area (Å²) in [6.45, 7) is 5.74. The lowest BCUT2D eigenvalue weighted by atomic mass is 10.1. The molecule has 0 saturated heterocycles. The first-order valence-corrected chi connectivity index (χ1v) is 4.68. The molecule has 0 aromatic rings. The number of aliphatic carboxylic acids is 1. The number of carboxylic acids is 1. The number of carboxylic acid groups (broad SMARTS) is 1. The molecule has 0 amide bonds. The number of carbonyl (C=O) groups is 1. The maximum Gasteiger partial charge on any atom is 0.303 e. The van der Waals surface area contributed by atoms with E-state index in [0.29, 0.717) is 5.92 Å². The molecule has 0 aromatic carbocycles. The molecule has 1 N–H and O–H groups in total. The highest BCUT2D eigenvalue weighted by Crippen LogP contribution is 2.03. The molecule has 0 fully saturated rings. The summed E-state index contributed by atoms with van der Waals surface area (Å²) < 4.78 is 0. The number of hydrogen-bond donors (Lipinski definition) is 1. The molecule has 1 unspecified atom stereocenters. The summed E-state index contributed by atoms with van der Waals surface area (Å²) in [5.74, 6) is -0.289. The molecule has 0 rings (SSSR count). The summed E-state index contributed by atoms with van der Waals surface area (Å²) in [7, 11) is 0. The van der Waals surface area contributed by atoms with Crippen LogP contribution in [0.15, 0.2) is 24.8 Å². The Labute approximate surface area is 80.0 Å². The van der Waals surface area contributed by atoms with Gasteiger partial charge in [0.2, 0.25) is 0 Å². The van der Waals surface area contributed by atoms with Crippen molar-refractivity contribution in [2.24, 2.45) is 5.92 Å². The summed E-state index contributed by atoms with van der Waals surface area (Å²) >= 11 is 0. The molecule has 74 valence electrons. The molecular formula is C11H18O2. The predicted molar refractivity (Wildman–Crippen MR) is 54.6 cm³/mol. The fraction of sp³-hybridized carbons (Fsp3) is 0.545. The maximum absolute atomic E-state index is 10.2. The zero-order valence-corrected chi connectivity index (χ0v) is 8.20. The first kappa shape index (κ1) is 11.9. The lowest BCUT2D eigenvalue weighted by Gasteiger charge is -1.96. The average molecular weight is 182 g/mol. The monoisotopic (exact) mass is 182 g/mol. The molecular weight excluding hydrogens is 164 g/mol. The minimum atomic E-state index is -0.705. The third-order valence-electron chi connectivity index (χ3n) is 1.82. The Morgan fingerprint density at radius 2 is 2.23 bits per heavy atom. The molecule has 0 aliphatic rings. The Bertz CT molecular complexity index is 183. The van der Waals surface area contributed by atoms with Gasteiger partial charge < -0.3 is 5.11 Å². The summed E-state index contributed by atoms with van der Waals surface area (Å²) in [6, 6.07) is 0. The summed E-state index contributed by atoms with van der Waals surface area (Å²) in [6.07, 6.45) is 9.03. The van der Waals surface area contributed by atoms with Crippen molar-refractivity contribution in [1.29, 1.82) is 0 Å². The van der Waals surface area contributed by atoms with E-state index in [1.807, 2.05) is 6.08 Å². The SMILES string of the molecule is C=CC(C)C=CCCCCC(=O)O. The Kier molecular flexibility index (Phi) is 6.98. The van der Waals surface area contributed by atoms with E-state index in [1.54, 1.807) is 0 Å². The maximum atomic E-state index is 10.2. The normalized spacial score (nSPS) is 13.0. The van der Waals surface area contributed by atoms with E-state index in [2.05, 4.69) is 25.7 Å². The van der Waals surface area contributed by atoms with E-state index in [1.165, 1.54) is 0 Å². The van der Waals surface area contributed by atoms with Crippen molar-refractivity contribution in [1.82, 2.24) is 0 Å². The van der Waals surface area contributed by atoms with Crippen LogP contribution < -0.4 is 0 Å². The van der Waals surface area contributed by atoms with Gasteiger partial charge in [0.05, 0.1) is 0 Å². The van der Waals surface area contributed by atoms with E-state index in [9.17, 15) is 4.79 Å². The number of allylic oxidation sites excluding steroid dienone is 3. The van der Waals surface area contributed by atoms with Crippen molar-refractivity contribution in [3.63, 3.8) is 0 Å². The molecule has 0 heterocycles. The molecule has 0 aromatic heterocycles. The number of rotatable bonds is 7. The Balaban J connectivity index is 3.29. The van der Waals surface area contributed by atoms with Gasteiger partial charge in [-0.3, -0.25) is 4.79 Å². The van der Waals surface area contributed by atoms with Gasteiger partial charge in [0.15, 0.2) is 0 Å². The van der Waals surface area contributed by atoms with Crippen LogP contribution in [0.5, 0.6) is 0 Å². The van der Waals surface area contributed by atoms with E-state index in [4.69, 9.17) is 5.11 Å². The first-order chi connectivity index (χ1) is 6.16. The van der Waals surface area contributed by atoms with Crippen LogP contribution in [0.3, 0.4) is 0 Å². The summed E-state index contributed by atoms with van der Waals surface area (Å²) in [4.78, 5) is 10.2. The second kappa shape index (κ2) is 7.59. The third kappa shape index (κ3) is 8.86. The van der Waals surface area contributed by atoms with Crippen molar-refractivity contribution in [3.8, 4) is 0 Å². The van der Waals surface area contributed by atoms with Crippen LogP contribution in [-0.4, -0.2) is 11.1 Å². The average Bonchev–Trinajstić information content (AvgIpc) is 2.10. The molecule has 0 bridgehead atoms. The van der Waals surface area contributed by atoms with Gasteiger partial charge in [-0.2, -0.15) is 0 Å². The molecule has 0 aliphatic carbocycles. The summed E-state index contributed by atoms with van der Waals surface area (Å²) in [5, 5.41) is 8.37. The van der Waals surface area contributed by atoms with Gasteiger partial charge in [0.25, 0.3) is 0 Å². The van der Waals surface area contributed by atoms with Gasteiger partial charge in [-0.25, -0.2) is 0 Å². The summed E-state index contributed by atoms with van der Waals surface area (Å²) in [5.41, 5.74) is 0. The minimum Gasteiger partial charge on any atom is -0.481 e. The van der Waals surface area contributed by atoms with Crippen LogP contribution in [-0.2, 0) is 4.79 Å². The van der Waals surface area contributed by atoms with Crippen LogP contribution in [0.25, 0.3) is 0 Å². The number of hydrogen-bond acceptors (Lipinski definition) is 1. The van der Waals surface area contributed by atoms with Crippen LogP contribution >= 0.6 is 0 Å². The molecule has 0 aliphatic heterocycles. The zero-order valence-electron chi connectivity index (χ0n) is 8.20. The lowest BCUT2D eigenvalue weighted by molar-refractivity contribution is -0.137. The lowest BCUT2D eigenvalue weighted by Crippen LogP contribution is -1.93. The van der Waals surface area contributed by atoms with Crippen molar-refractivity contribution in [3.05, 3.63) is 24.8 Å². The van der Waals surface area contributed by atoms with Crippen LogP contribution in [0.1, 0.15) is 32.6 Å². The minimum absolute atomic E-state index is 0.283. The molecule has 1 atom stereocenters. The fourth-order valence-corrected chi connectivity index (χ4v) is 0.928. The van der Waals surface area contributed by atoms with Crippen LogP contribution in [0.2, 0.25) is 0 Å². The quantitative estimate of drug-likeness (QED) is 0.485. The van der Waals surface area contributed by atoms with E-state index >= 15 is 0 Å². The largest absolute Gasteiger partial charge is 0.481 e. The highest BCUT2D eigenvalue weighted by Gasteiger charge is 1.94. The van der Waals surface area contributed by atoms with Crippen LogP contribution in [0, 0.1) is 5.92 Å². The third-order valence-corrected chi connectivity index (χ3v) is 1.82. The highest BCUT2D eigenvalue weighted by atomic mass is 16.4.